The van der Waals surface area contributed by atoms with Crippen LogP contribution in [0.25, 0.3) is 0 Å². The first-order chi connectivity index (χ1) is 11.0. The van der Waals surface area contributed by atoms with E-state index in [1.165, 1.54) is 19.4 Å². The summed E-state index contributed by atoms with van der Waals surface area (Å²) >= 11 is 0. The van der Waals surface area contributed by atoms with Crippen molar-refractivity contribution < 1.29 is 19.6 Å². The zero-order valence-electron chi connectivity index (χ0n) is 13.0. The Morgan fingerprint density at radius 2 is 2.04 bits per heavy atom. The summed E-state index contributed by atoms with van der Waals surface area (Å²) in [5.74, 6) is 1.23. The first kappa shape index (κ1) is 16.3. The topological polar surface area (TPSA) is 99.1 Å². The van der Waals surface area contributed by atoms with Crippen molar-refractivity contribution in [3.05, 3.63) is 57.2 Å². The highest BCUT2D eigenvalue weighted by atomic mass is 16.6. The summed E-state index contributed by atoms with van der Waals surface area (Å²) in [5, 5.41) is 20.8. The number of aromatic nitrogens is 1. The fourth-order valence-electron chi connectivity index (χ4n) is 2.08. The molecule has 0 bridgehead atoms. The highest BCUT2D eigenvalue weighted by Gasteiger charge is 2.12. The van der Waals surface area contributed by atoms with Gasteiger partial charge in [0.15, 0.2) is 5.49 Å². The normalized spacial score (nSPS) is 11.3. The summed E-state index contributed by atoms with van der Waals surface area (Å²) < 4.78 is 11.2. The number of nitro groups is 1. The van der Waals surface area contributed by atoms with Crippen LogP contribution in [0.15, 0.2) is 35.5 Å². The van der Waals surface area contributed by atoms with Gasteiger partial charge in [-0.1, -0.05) is 0 Å². The number of aryl methyl sites for hydroxylation is 1. The smallest absolute Gasteiger partial charge is 0.277 e. The number of rotatable bonds is 5. The van der Waals surface area contributed by atoms with Crippen LogP contribution in [-0.2, 0) is 6.54 Å². The average Bonchev–Trinajstić information content (AvgIpc) is 2.53. The second-order valence-corrected chi connectivity index (χ2v) is 4.80. The molecule has 0 radical (unpaired) electrons. The molecule has 0 atom stereocenters. The van der Waals surface area contributed by atoms with Gasteiger partial charge >= 0.3 is 0 Å². The Morgan fingerprint density at radius 3 is 2.65 bits per heavy atom. The molecule has 0 aliphatic rings. The van der Waals surface area contributed by atoms with E-state index in [2.05, 4.69) is 4.99 Å². The predicted octanol–water partition coefficient (Wildman–Crippen LogP) is 2.06. The van der Waals surface area contributed by atoms with E-state index < -0.39 is 4.92 Å². The molecule has 23 heavy (non-hydrogen) atoms. The quantitative estimate of drug-likeness (QED) is 0.516. The van der Waals surface area contributed by atoms with Gasteiger partial charge in [-0.25, -0.2) is 0 Å². The highest BCUT2D eigenvalue weighted by molar-refractivity contribution is 5.41. The third-order valence-corrected chi connectivity index (χ3v) is 3.32. The second-order valence-electron chi connectivity index (χ2n) is 4.80. The van der Waals surface area contributed by atoms with Gasteiger partial charge in [0.2, 0.25) is 0 Å². The molecule has 8 heteroatoms. The molecule has 0 saturated heterocycles. The molecule has 0 amide bonds. The summed E-state index contributed by atoms with van der Waals surface area (Å²) in [6.07, 6.45) is 1.25. The number of hydrogen-bond acceptors (Lipinski definition) is 6. The molecule has 0 aliphatic heterocycles. The Morgan fingerprint density at radius 1 is 1.30 bits per heavy atom. The maximum absolute atomic E-state index is 11.0. The Hall–Kier alpha value is -3.03. The maximum Gasteiger partial charge on any atom is 0.277 e. The Balaban J connectivity index is 2.41. The van der Waals surface area contributed by atoms with Gasteiger partial charge in [-0.3, -0.25) is 15.1 Å². The maximum atomic E-state index is 11.0. The highest BCUT2D eigenvalue weighted by Crippen LogP contribution is 2.25. The van der Waals surface area contributed by atoms with Gasteiger partial charge in [-0.05, 0) is 19.1 Å². The van der Waals surface area contributed by atoms with E-state index in [0.717, 1.165) is 10.3 Å². The van der Waals surface area contributed by atoms with Crippen molar-refractivity contribution in [3.63, 3.8) is 0 Å². The van der Waals surface area contributed by atoms with Gasteiger partial charge in [0.1, 0.15) is 11.5 Å². The minimum absolute atomic E-state index is 0.0835. The molecule has 1 aromatic heterocycles. The van der Waals surface area contributed by atoms with Crippen LogP contribution >= 0.6 is 0 Å². The SMILES string of the molecule is COc1ccc(CN=c2cc([N+](=O)[O-])c(C)cn2O)c(OC)c1. The van der Waals surface area contributed by atoms with E-state index in [0.29, 0.717) is 17.1 Å². The van der Waals surface area contributed by atoms with Gasteiger partial charge < -0.3 is 14.7 Å². The van der Waals surface area contributed by atoms with Crippen LogP contribution in [0.2, 0.25) is 0 Å². The molecule has 0 unspecified atom stereocenters. The van der Waals surface area contributed by atoms with E-state index >= 15 is 0 Å². The Kier molecular flexibility index (Phi) is 4.85. The lowest BCUT2D eigenvalue weighted by atomic mass is 10.2. The molecule has 0 saturated carbocycles. The lowest BCUT2D eigenvalue weighted by Crippen LogP contribution is -2.19. The summed E-state index contributed by atoms with van der Waals surface area (Å²) in [6, 6.07) is 6.49. The third kappa shape index (κ3) is 3.60. The van der Waals surface area contributed by atoms with Crippen LogP contribution in [0.3, 0.4) is 0 Å². The van der Waals surface area contributed by atoms with Gasteiger partial charge in [0.05, 0.1) is 38.0 Å². The Bertz CT molecular complexity index is 798. The molecule has 8 nitrogen and oxygen atoms in total. The first-order valence-electron chi connectivity index (χ1n) is 6.74. The van der Waals surface area contributed by atoms with Gasteiger partial charge in [-0.2, -0.15) is 4.73 Å². The molecule has 2 rings (SSSR count). The molecule has 0 fully saturated rings. The lowest BCUT2D eigenvalue weighted by Gasteiger charge is -2.08. The minimum atomic E-state index is -0.512. The third-order valence-electron chi connectivity index (χ3n) is 3.32. The van der Waals surface area contributed by atoms with Crippen molar-refractivity contribution in [3.8, 4) is 11.5 Å². The van der Waals surface area contributed by atoms with Crippen molar-refractivity contribution in [2.75, 3.05) is 14.2 Å². The molecule has 122 valence electrons. The predicted molar refractivity (Wildman–Crippen MR) is 81.8 cm³/mol. The summed E-state index contributed by atoms with van der Waals surface area (Å²) in [6.45, 7) is 1.73. The molecule has 0 aliphatic carbocycles. The zero-order valence-corrected chi connectivity index (χ0v) is 13.0. The van der Waals surface area contributed by atoms with Crippen molar-refractivity contribution in [2.24, 2.45) is 4.99 Å². The molecular weight excluding hydrogens is 302 g/mol. The number of ether oxygens (including phenoxy) is 2. The average molecular weight is 319 g/mol. The standard InChI is InChI=1S/C15H17N3O5/c1-10-9-17(19)15(7-13(10)18(20)21)16-8-11-4-5-12(22-2)6-14(11)23-3/h4-7,9,19H,8H2,1-3H3. The van der Waals surface area contributed by atoms with Crippen LogP contribution in [0.4, 0.5) is 5.69 Å². The number of hydrogen-bond donors (Lipinski definition) is 1. The molecule has 0 spiro atoms. The van der Waals surface area contributed by atoms with Gasteiger partial charge in [-0.15, -0.1) is 0 Å². The minimum Gasteiger partial charge on any atom is -0.497 e. The van der Waals surface area contributed by atoms with E-state index in [1.807, 2.05) is 0 Å². The fourth-order valence-corrected chi connectivity index (χ4v) is 2.08. The van der Waals surface area contributed by atoms with Crippen LogP contribution in [-0.4, -0.2) is 29.1 Å². The van der Waals surface area contributed by atoms with Crippen LogP contribution in [0.5, 0.6) is 11.5 Å². The van der Waals surface area contributed by atoms with Crippen molar-refractivity contribution >= 4 is 5.69 Å². The number of pyridine rings is 1. The lowest BCUT2D eigenvalue weighted by molar-refractivity contribution is -0.385. The molecule has 1 heterocycles. The number of methoxy groups -OCH3 is 2. The van der Waals surface area contributed by atoms with Crippen molar-refractivity contribution in [2.45, 2.75) is 13.5 Å². The number of nitrogens with zero attached hydrogens (tertiary/aromatic N) is 3. The fraction of sp³-hybridized carbons (Fsp3) is 0.267. The molecule has 1 aromatic carbocycles. The van der Waals surface area contributed by atoms with E-state index in [9.17, 15) is 15.3 Å². The van der Waals surface area contributed by atoms with Crippen LogP contribution < -0.4 is 15.0 Å². The second kappa shape index (κ2) is 6.82. The molecule has 2 aromatic rings. The van der Waals surface area contributed by atoms with E-state index in [4.69, 9.17) is 9.47 Å². The molecular formula is C15H17N3O5. The number of benzene rings is 1. The van der Waals surface area contributed by atoms with E-state index in [-0.39, 0.29) is 17.7 Å². The largest absolute Gasteiger partial charge is 0.497 e. The summed E-state index contributed by atoms with van der Waals surface area (Å²) in [5.41, 5.74) is 1.09. The van der Waals surface area contributed by atoms with Gasteiger partial charge in [0, 0.05) is 17.2 Å². The van der Waals surface area contributed by atoms with Crippen molar-refractivity contribution in [1.82, 2.24) is 4.73 Å². The first-order valence-corrected chi connectivity index (χ1v) is 6.74. The summed E-state index contributed by atoms with van der Waals surface area (Å²) in [4.78, 5) is 14.7. The van der Waals surface area contributed by atoms with E-state index in [1.54, 1.807) is 32.2 Å². The zero-order chi connectivity index (χ0) is 17.0. The summed E-state index contributed by atoms with van der Waals surface area (Å²) in [7, 11) is 3.08. The van der Waals surface area contributed by atoms with Gasteiger partial charge in [0.25, 0.3) is 5.69 Å². The Labute approximate surface area is 132 Å². The van der Waals surface area contributed by atoms with Crippen molar-refractivity contribution in [1.29, 1.82) is 0 Å². The van der Waals surface area contributed by atoms with Crippen LogP contribution in [0, 0.1) is 17.0 Å². The molecule has 1 N–H and O–H groups in total. The van der Waals surface area contributed by atoms with Crippen LogP contribution in [0.1, 0.15) is 11.1 Å². The monoisotopic (exact) mass is 319 g/mol.